The van der Waals surface area contributed by atoms with Gasteiger partial charge in [0.2, 0.25) is 11.7 Å². The van der Waals surface area contributed by atoms with Gasteiger partial charge >= 0.3 is 0 Å². The average Bonchev–Trinajstić information content (AvgIpc) is 2.90. The van der Waals surface area contributed by atoms with Crippen molar-refractivity contribution < 1.29 is 8.91 Å². The normalized spacial score (nSPS) is 22.9. The van der Waals surface area contributed by atoms with Gasteiger partial charge in [-0.05, 0) is 30.9 Å². The molecule has 0 bridgehead atoms. The van der Waals surface area contributed by atoms with E-state index >= 15 is 0 Å². The van der Waals surface area contributed by atoms with Crippen molar-refractivity contribution in [1.29, 1.82) is 0 Å². The van der Waals surface area contributed by atoms with Gasteiger partial charge in [0.25, 0.3) is 0 Å². The third-order valence-electron chi connectivity index (χ3n) is 3.96. The van der Waals surface area contributed by atoms with Crippen LogP contribution in [0.2, 0.25) is 0 Å². The maximum Gasteiger partial charge on any atom is 0.227 e. The molecule has 1 saturated carbocycles. The molecule has 1 aromatic heterocycles. The predicted octanol–water partition coefficient (Wildman–Crippen LogP) is 2.94. The van der Waals surface area contributed by atoms with E-state index < -0.39 is 0 Å². The van der Waals surface area contributed by atoms with Crippen molar-refractivity contribution in [2.75, 3.05) is 0 Å². The van der Waals surface area contributed by atoms with Crippen LogP contribution in [0.4, 0.5) is 4.39 Å². The van der Waals surface area contributed by atoms with Crippen molar-refractivity contribution >= 4 is 0 Å². The van der Waals surface area contributed by atoms with Gasteiger partial charge in [-0.15, -0.1) is 0 Å². The van der Waals surface area contributed by atoms with Crippen molar-refractivity contribution in [3.8, 4) is 11.4 Å². The minimum absolute atomic E-state index is 0.216. The van der Waals surface area contributed by atoms with Crippen LogP contribution in [0.15, 0.2) is 28.8 Å². The monoisotopic (exact) mass is 275 g/mol. The SMILES string of the molecule is NC1CCCCC1Cc1nc(-c2cccc(F)c2)no1. The Morgan fingerprint density at radius 1 is 1.30 bits per heavy atom. The standard InChI is InChI=1S/C15H18FN3O/c16-12-6-3-5-11(8-12)15-18-14(20-19-15)9-10-4-1-2-7-13(10)17/h3,5-6,8,10,13H,1-2,4,7,9,17H2. The molecule has 0 saturated heterocycles. The molecule has 4 nitrogen and oxygen atoms in total. The van der Waals surface area contributed by atoms with Crippen molar-refractivity contribution in [2.45, 2.75) is 38.1 Å². The highest BCUT2D eigenvalue weighted by molar-refractivity contribution is 5.53. The molecule has 1 heterocycles. The molecule has 2 aromatic rings. The molecule has 1 aromatic carbocycles. The fourth-order valence-corrected chi connectivity index (χ4v) is 2.80. The summed E-state index contributed by atoms with van der Waals surface area (Å²) < 4.78 is 18.5. The Balaban J connectivity index is 1.73. The van der Waals surface area contributed by atoms with E-state index in [1.54, 1.807) is 12.1 Å². The highest BCUT2D eigenvalue weighted by Gasteiger charge is 2.24. The Hall–Kier alpha value is -1.75. The lowest BCUT2D eigenvalue weighted by Crippen LogP contribution is -2.34. The van der Waals surface area contributed by atoms with Crippen LogP contribution in [0.25, 0.3) is 11.4 Å². The zero-order valence-electron chi connectivity index (χ0n) is 11.3. The van der Waals surface area contributed by atoms with E-state index in [2.05, 4.69) is 10.1 Å². The molecule has 1 aliphatic carbocycles. The maximum absolute atomic E-state index is 13.2. The second-order valence-electron chi connectivity index (χ2n) is 5.43. The summed E-state index contributed by atoms with van der Waals surface area (Å²) in [6.45, 7) is 0. The van der Waals surface area contributed by atoms with E-state index in [0.29, 0.717) is 29.6 Å². The minimum atomic E-state index is -0.303. The number of benzene rings is 1. The third kappa shape index (κ3) is 2.88. The Bertz CT molecular complexity index is 584. The summed E-state index contributed by atoms with van der Waals surface area (Å²) in [5.41, 5.74) is 6.76. The van der Waals surface area contributed by atoms with Crippen LogP contribution >= 0.6 is 0 Å². The minimum Gasteiger partial charge on any atom is -0.339 e. The number of hydrogen-bond donors (Lipinski definition) is 1. The zero-order chi connectivity index (χ0) is 13.9. The number of aromatic nitrogens is 2. The molecule has 0 spiro atoms. The molecule has 0 radical (unpaired) electrons. The van der Waals surface area contributed by atoms with Gasteiger partial charge in [-0.25, -0.2) is 4.39 Å². The molecule has 1 aliphatic rings. The average molecular weight is 275 g/mol. The fourth-order valence-electron chi connectivity index (χ4n) is 2.80. The van der Waals surface area contributed by atoms with Gasteiger partial charge in [-0.2, -0.15) is 4.98 Å². The predicted molar refractivity (Wildman–Crippen MR) is 73.3 cm³/mol. The van der Waals surface area contributed by atoms with Crippen molar-refractivity contribution in [1.82, 2.24) is 10.1 Å². The first-order valence-electron chi connectivity index (χ1n) is 7.06. The molecule has 5 heteroatoms. The van der Waals surface area contributed by atoms with Crippen LogP contribution in [-0.4, -0.2) is 16.2 Å². The molecule has 20 heavy (non-hydrogen) atoms. The summed E-state index contributed by atoms with van der Waals surface area (Å²) in [5.74, 6) is 1.13. The topological polar surface area (TPSA) is 64.9 Å². The number of rotatable bonds is 3. The largest absolute Gasteiger partial charge is 0.339 e. The van der Waals surface area contributed by atoms with Crippen LogP contribution in [0.5, 0.6) is 0 Å². The van der Waals surface area contributed by atoms with Crippen molar-refractivity contribution in [3.63, 3.8) is 0 Å². The molecular weight excluding hydrogens is 257 g/mol. The van der Waals surface area contributed by atoms with Gasteiger partial charge in [0.15, 0.2) is 0 Å². The Kier molecular flexibility index (Phi) is 3.78. The van der Waals surface area contributed by atoms with E-state index in [4.69, 9.17) is 10.3 Å². The summed E-state index contributed by atoms with van der Waals surface area (Å²) in [4.78, 5) is 4.35. The van der Waals surface area contributed by atoms with Crippen LogP contribution in [0, 0.1) is 11.7 Å². The molecule has 2 unspecified atom stereocenters. The lowest BCUT2D eigenvalue weighted by Gasteiger charge is -2.27. The second-order valence-corrected chi connectivity index (χ2v) is 5.43. The molecule has 106 valence electrons. The number of nitrogens with zero attached hydrogens (tertiary/aromatic N) is 2. The number of hydrogen-bond acceptors (Lipinski definition) is 4. The van der Waals surface area contributed by atoms with Gasteiger partial charge in [0.1, 0.15) is 5.82 Å². The number of nitrogens with two attached hydrogens (primary N) is 1. The molecular formula is C15H18FN3O. The molecule has 2 N–H and O–H groups in total. The summed E-state index contributed by atoms with van der Waals surface area (Å²) in [6.07, 6.45) is 5.30. The summed E-state index contributed by atoms with van der Waals surface area (Å²) in [5, 5.41) is 3.92. The molecule has 0 amide bonds. The first-order valence-corrected chi connectivity index (χ1v) is 7.06. The summed E-state index contributed by atoms with van der Waals surface area (Å²) in [7, 11) is 0. The van der Waals surface area contributed by atoms with Gasteiger partial charge in [-0.3, -0.25) is 0 Å². The molecule has 2 atom stereocenters. The quantitative estimate of drug-likeness (QED) is 0.935. The molecule has 0 aliphatic heterocycles. The lowest BCUT2D eigenvalue weighted by atomic mass is 9.83. The van der Waals surface area contributed by atoms with Gasteiger partial charge in [0, 0.05) is 18.0 Å². The van der Waals surface area contributed by atoms with Crippen LogP contribution in [-0.2, 0) is 6.42 Å². The molecule has 1 fully saturated rings. The van der Waals surface area contributed by atoms with Crippen LogP contribution < -0.4 is 5.73 Å². The molecule has 3 rings (SSSR count). The lowest BCUT2D eigenvalue weighted by molar-refractivity contribution is 0.273. The first kappa shape index (κ1) is 13.2. The summed E-state index contributed by atoms with van der Waals surface area (Å²) in [6, 6.07) is 6.42. The Morgan fingerprint density at radius 2 is 2.15 bits per heavy atom. The van der Waals surface area contributed by atoms with Crippen LogP contribution in [0.1, 0.15) is 31.6 Å². The maximum atomic E-state index is 13.2. The van der Waals surface area contributed by atoms with E-state index in [9.17, 15) is 4.39 Å². The van der Waals surface area contributed by atoms with Crippen molar-refractivity contribution in [3.05, 3.63) is 36.0 Å². The van der Waals surface area contributed by atoms with Crippen LogP contribution in [0.3, 0.4) is 0 Å². The van der Waals surface area contributed by atoms with Crippen molar-refractivity contribution in [2.24, 2.45) is 11.7 Å². The Morgan fingerprint density at radius 3 is 2.95 bits per heavy atom. The van der Waals surface area contributed by atoms with Gasteiger partial charge in [-0.1, -0.05) is 30.1 Å². The Labute approximate surface area is 117 Å². The third-order valence-corrected chi connectivity index (χ3v) is 3.96. The van der Waals surface area contributed by atoms with E-state index in [1.165, 1.54) is 25.0 Å². The highest BCUT2D eigenvalue weighted by atomic mass is 19.1. The summed E-state index contributed by atoms with van der Waals surface area (Å²) >= 11 is 0. The van der Waals surface area contributed by atoms with Gasteiger partial charge in [0.05, 0.1) is 0 Å². The van der Waals surface area contributed by atoms with E-state index in [0.717, 1.165) is 12.8 Å². The number of halogens is 1. The zero-order valence-corrected chi connectivity index (χ0v) is 11.3. The second kappa shape index (κ2) is 5.71. The van der Waals surface area contributed by atoms with Gasteiger partial charge < -0.3 is 10.3 Å². The first-order chi connectivity index (χ1) is 9.72. The fraction of sp³-hybridized carbons (Fsp3) is 0.467. The smallest absolute Gasteiger partial charge is 0.227 e. The van der Waals surface area contributed by atoms with E-state index in [-0.39, 0.29) is 11.9 Å². The van der Waals surface area contributed by atoms with E-state index in [1.807, 2.05) is 0 Å². The highest BCUT2D eigenvalue weighted by Crippen LogP contribution is 2.26.